The van der Waals surface area contributed by atoms with Gasteiger partial charge in [-0.15, -0.1) is 0 Å². The summed E-state index contributed by atoms with van der Waals surface area (Å²) in [6.07, 6.45) is 0. The zero-order valence-electron chi connectivity index (χ0n) is 13.0. The minimum atomic E-state index is -0.727. The molecule has 0 radical (unpaired) electrons. The zero-order chi connectivity index (χ0) is 15.9. The van der Waals surface area contributed by atoms with Crippen molar-refractivity contribution in [1.82, 2.24) is 9.80 Å². The Bertz CT molecular complexity index is 365. The molecule has 0 spiro atoms. The summed E-state index contributed by atoms with van der Waals surface area (Å²) in [5, 5.41) is 11.7. The fourth-order valence-electron chi connectivity index (χ4n) is 2.01. The average Bonchev–Trinajstić information content (AvgIpc) is 2.39. The molecule has 1 unspecified atom stereocenters. The van der Waals surface area contributed by atoms with Crippen molar-refractivity contribution in [1.29, 1.82) is 0 Å². The summed E-state index contributed by atoms with van der Waals surface area (Å²) in [6, 6.07) is 0. The van der Waals surface area contributed by atoms with Crippen molar-refractivity contribution >= 4 is 17.6 Å². The van der Waals surface area contributed by atoms with Gasteiger partial charge in [0.05, 0.1) is 6.54 Å². The summed E-state index contributed by atoms with van der Waals surface area (Å²) in [7, 11) is 1.55. The Kier molecular flexibility index (Phi) is 7.64. The first-order valence-electron chi connectivity index (χ1n) is 6.80. The van der Waals surface area contributed by atoms with Gasteiger partial charge >= 0.3 is 0 Å². The second-order valence-corrected chi connectivity index (χ2v) is 5.01. The van der Waals surface area contributed by atoms with Crippen LogP contribution in [0, 0.1) is 11.8 Å². The Morgan fingerprint density at radius 3 is 2.10 bits per heavy atom. The van der Waals surface area contributed by atoms with E-state index in [1.165, 1.54) is 4.90 Å². The number of nitrogens with two attached hydrogens (primary N) is 1. The van der Waals surface area contributed by atoms with Gasteiger partial charge in [-0.3, -0.25) is 9.59 Å². The molecule has 0 rings (SSSR count). The van der Waals surface area contributed by atoms with E-state index in [1.807, 2.05) is 13.8 Å². The van der Waals surface area contributed by atoms with Crippen molar-refractivity contribution in [3.63, 3.8) is 0 Å². The Labute approximate surface area is 120 Å². The highest BCUT2D eigenvalue weighted by atomic mass is 16.4. The number of amidine groups is 1. The third-order valence-electron chi connectivity index (χ3n) is 3.23. The molecule has 3 N–H and O–H groups in total. The Hall–Kier alpha value is -1.79. The first kappa shape index (κ1) is 18.2. The molecule has 0 heterocycles. The fourth-order valence-corrected chi connectivity index (χ4v) is 2.01. The molecule has 7 nitrogen and oxygen atoms in total. The molecule has 116 valence electrons. The first-order chi connectivity index (χ1) is 9.29. The van der Waals surface area contributed by atoms with Crippen LogP contribution in [-0.4, -0.2) is 59.3 Å². The maximum absolute atomic E-state index is 12.3. The van der Waals surface area contributed by atoms with Crippen LogP contribution in [0.3, 0.4) is 0 Å². The molecule has 0 aromatic carbocycles. The summed E-state index contributed by atoms with van der Waals surface area (Å²) in [5.74, 6) is -1.42. The van der Waals surface area contributed by atoms with Gasteiger partial charge in [-0.1, -0.05) is 19.0 Å². The molecular weight excluding hydrogens is 260 g/mol. The highest BCUT2D eigenvalue weighted by Crippen LogP contribution is 2.14. The first-order valence-corrected chi connectivity index (χ1v) is 6.80. The van der Waals surface area contributed by atoms with Crippen molar-refractivity contribution in [2.75, 3.05) is 26.7 Å². The monoisotopic (exact) mass is 286 g/mol. The van der Waals surface area contributed by atoms with Crippen molar-refractivity contribution in [3.05, 3.63) is 0 Å². The second kappa shape index (κ2) is 8.39. The lowest BCUT2D eigenvalue weighted by Crippen LogP contribution is -2.47. The maximum Gasteiger partial charge on any atom is 0.242 e. The number of hydrogen-bond acceptors (Lipinski definition) is 4. The second-order valence-electron chi connectivity index (χ2n) is 5.01. The van der Waals surface area contributed by atoms with Gasteiger partial charge < -0.3 is 20.7 Å². The molecule has 2 amide bonds. The van der Waals surface area contributed by atoms with E-state index in [1.54, 1.807) is 25.8 Å². The van der Waals surface area contributed by atoms with Crippen molar-refractivity contribution < 1.29 is 14.8 Å². The number of oxime groups is 1. The van der Waals surface area contributed by atoms with Gasteiger partial charge in [0.1, 0.15) is 5.92 Å². The van der Waals surface area contributed by atoms with Gasteiger partial charge in [0, 0.05) is 20.1 Å². The van der Waals surface area contributed by atoms with E-state index in [0.29, 0.717) is 13.1 Å². The maximum atomic E-state index is 12.3. The Morgan fingerprint density at radius 1 is 1.25 bits per heavy atom. The summed E-state index contributed by atoms with van der Waals surface area (Å²) < 4.78 is 0. The van der Waals surface area contributed by atoms with E-state index in [-0.39, 0.29) is 30.1 Å². The predicted molar refractivity (Wildman–Crippen MR) is 77.3 cm³/mol. The molecule has 7 heteroatoms. The normalized spacial score (nSPS) is 13.2. The van der Waals surface area contributed by atoms with Gasteiger partial charge in [0.15, 0.2) is 5.84 Å². The molecule has 1 atom stereocenters. The van der Waals surface area contributed by atoms with E-state index < -0.39 is 5.92 Å². The van der Waals surface area contributed by atoms with Crippen LogP contribution >= 0.6 is 0 Å². The summed E-state index contributed by atoms with van der Waals surface area (Å²) in [5.41, 5.74) is 5.56. The number of carbonyl (C=O) groups is 2. The van der Waals surface area contributed by atoms with Gasteiger partial charge in [-0.05, 0) is 19.8 Å². The predicted octanol–water partition coefficient (Wildman–Crippen LogP) is 0.332. The van der Waals surface area contributed by atoms with E-state index in [2.05, 4.69) is 5.16 Å². The molecule has 0 fully saturated rings. The molecule has 0 aromatic rings. The highest BCUT2D eigenvalue weighted by Gasteiger charge is 2.30. The number of nitrogens with zero attached hydrogens (tertiary/aromatic N) is 3. The Morgan fingerprint density at radius 2 is 1.75 bits per heavy atom. The molecule has 0 saturated heterocycles. The fraction of sp³-hybridized carbons (Fsp3) is 0.769. The van der Waals surface area contributed by atoms with E-state index in [4.69, 9.17) is 10.9 Å². The highest BCUT2D eigenvalue weighted by molar-refractivity contribution is 6.03. The molecule has 0 aliphatic carbocycles. The smallest absolute Gasteiger partial charge is 0.242 e. The van der Waals surface area contributed by atoms with Crippen LogP contribution in [-0.2, 0) is 9.59 Å². The van der Waals surface area contributed by atoms with Crippen LogP contribution in [0.2, 0.25) is 0 Å². The lowest BCUT2D eigenvalue weighted by Gasteiger charge is -2.27. The van der Waals surface area contributed by atoms with Crippen LogP contribution < -0.4 is 5.73 Å². The van der Waals surface area contributed by atoms with Crippen LogP contribution in [0.1, 0.15) is 27.7 Å². The molecular formula is C13H26N4O3. The molecule has 0 aromatic heterocycles. The van der Waals surface area contributed by atoms with Crippen molar-refractivity contribution in [3.8, 4) is 0 Å². The van der Waals surface area contributed by atoms with Crippen molar-refractivity contribution in [2.45, 2.75) is 27.7 Å². The van der Waals surface area contributed by atoms with Crippen molar-refractivity contribution in [2.24, 2.45) is 22.7 Å². The van der Waals surface area contributed by atoms with Gasteiger partial charge in [-0.2, -0.15) is 0 Å². The molecule has 0 aliphatic rings. The van der Waals surface area contributed by atoms with E-state index in [0.717, 1.165) is 0 Å². The summed E-state index contributed by atoms with van der Waals surface area (Å²) in [6.45, 7) is 8.58. The minimum Gasteiger partial charge on any atom is -0.409 e. The van der Waals surface area contributed by atoms with Gasteiger partial charge in [-0.25, -0.2) is 0 Å². The van der Waals surface area contributed by atoms with E-state index >= 15 is 0 Å². The van der Waals surface area contributed by atoms with Crippen LogP contribution in [0.25, 0.3) is 0 Å². The standard InChI is InChI=1S/C13H26N4O3/c1-6-17(7-2)10(18)8-16(5)13(19)11(9(3)4)12(14)15-20/h9,11,20H,6-8H2,1-5H3,(H2,14,15). The molecule has 20 heavy (non-hydrogen) atoms. The number of rotatable bonds is 7. The third kappa shape index (κ3) is 4.71. The summed E-state index contributed by atoms with van der Waals surface area (Å²) >= 11 is 0. The van der Waals surface area contributed by atoms with E-state index in [9.17, 15) is 9.59 Å². The number of carbonyl (C=O) groups excluding carboxylic acids is 2. The lowest BCUT2D eigenvalue weighted by molar-refractivity contribution is -0.141. The molecule has 0 saturated carbocycles. The van der Waals surface area contributed by atoms with Gasteiger partial charge in [0.2, 0.25) is 11.8 Å². The zero-order valence-corrected chi connectivity index (χ0v) is 13.0. The third-order valence-corrected chi connectivity index (χ3v) is 3.23. The van der Waals surface area contributed by atoms with Crippen LogP contribution in [0.5, 0.6) is 0 Å². The summed E-state index contributed by atoms with van der Waals surface area (Å²) in [4.78, 5) is 27.2. The number of likely N-dealkylation sites (N-methyl/N-ethyl adjacent to an activating group) is 2. The minimum absolute atomic E-state index is 0.0115. The van der Waals surface area contributed by atoms with Gasteiger partial charge in [0.25, 0.3) is 0 Å². The molecule has 0 aliphatic heterocycles. The number of hydrogen-bond donors (Lipinski definition) is 2. The topological polar surface area (TPSA) is 99.2 Å². The quantitative estimate of drug-likeness (QED) is 0.305. The largest absolute Gasteiger partial charge is 0.409 e. The SMILES string of the molecule is CCN(CC)C(=O)CN(C)C(=O)C(C(N)=NO)C(C)C. The lowest BCUT2D eigenvalue weighted by atomic mass is 9.93. The van der Waals surface area contributed by atoms with Crippen LogP contribution in [0.4, 0.5) is 0 Å². The van der Waals surface area contributed by atoms with Crippen LogP contribution in [0.15, 0.2) is 5.16 Å². The molecule has 0 bridgehead atoms. The Balaban J connectivity index is 4.87. The average molecular weight is 286 g/mol. The number of amides is 2.